The molecule has 0 saturated heterocycles. The highest BCUT2D eigenvalue weighted by atomic mass is 32.2. The Hall–Kier alpha value is -1.66. The summed E-state index contributed by atoms with van der Waals surface area (Å²) >= 11 is 0. The van der Waals surface area contributed by atoms with Crippen LogP contribution in [0.1, 0.15) is 24.8 Å². The summed E-state index contributed by atoms with van der Waals surface area (Å²) < 4.78 is 25.5. The molecule has 1 aromatic carbocycles. The van der Waals surface area contributed by atoms with Gasteiger partial charge in [0.2, 0.25) is 15.9 Å². The monoisotopic (exact) mass is 322 g/mol. The fourth-order valence-corrected chi connectivity index (χ4v) is 3.30. The van der Waals surface area contributed by atoms with Crippen LogP contribution in [0.5, 0.6) is 0 Å². The van der Waals surface area contributed by atoms with Gasteiger partial charge < -0.3 is 5.32 Å². The maximum absolute atomic E-state index is 12.3. The number of hydrogen-bond acceptors (Lipinski definition) is 3. The number of rotatable bonds is 4. The Morgan fingerprint density at radius 3 is 2.59 bits per heavy atom. The van der Waals surface area contributed by atoms with E-state index in [1.165, 1.54) is 20.2 Å². The van der Waals surface area contributed by atoms with Crippen molar-refractivity contribution >= 4 is 21.6 Å². The average Bonchev–Trinajstić information content (AvgIpc) is 2.50. The van der Waals surface area contributed by atoms with Gasteiger partial charge in [-0.1, -0.05) is 18.2 Å². The smallest absolute Gasteiger partial charge is 0.242 e. The Morgan fingerprint density at radius 2 is 2.00 bits per heavy atom. The Bertz CT molecular complexity index is 693. The third-order valence-corrected chi connectivity index (χ3v) is 5.70. The molecule has 1 aliphatic carbocycles. The molecule has 0 unspecified atom stereocenters. The van der Waals surface area contributed by atoms with Crippen LogP contribution in [-0.4, -0.2) is 32.7 Å². The molecule has 0 radical (unpaired) electrons. The van der Waals surface area contributed by atoms with Crippen molar-refractivity contribution in [2.75, 3.05) is 19.4 Å². The first-order chi connectivity index (χ1) is 10.3. The van der Waals surface area contributed by atoms with Crippen molar-refractivity contribution in [1.29, 1.82) is 0 Å². The maximum Gasteiger partial charge on any atom is 0.242 e. The van der Waals surface area contributed by atoms with Crippen molar-refractivity contribution in [2.45, 2.75) is 31.1 Å². The Labute approximate surface area is 132 Å². The number of amides is 1. The topological polar surface area (TPSA) is 66.5 Å². The molecule has 6 heteroatoms. The minimum atomic E-state index is -3.51. The SMILES string of the molecule is Cc1ccc(S(=O)(=O)N(C)C)cc1NC(=O)[C@@H]1CC=CCC1. The summed E-state index contributed by atoms with van der Waals surface area (Å²) in [6, 6.07) is 4.80. The van der Waals surface area contributed by atoms with Crippen molar-refractivity contribution in [3.05, 3.63) is 35.9 Å². The quantitative estimate of drug-likeness (QED) is 0.866. The van der Waals surface area contributed by atoms with E-state index in [4.69, 9.17) is 0 Å². The second kappa shape index (κ2) is 6.62. The van der Waals surface area contributed by atoms with Gasteiger partial charge in [-0.3, -0.25) is 4.79 Å². The Morgan fingerprint density at radius 1 is 1.27 bits per heavy atom. The highest BCUT2D eigenvalue weighted by molar-refractivity contribution is 7.89. The predicted octanol–water partition coefficient (Wildman–Crippen LogP) is 2.54. The van der Waals surface area contributed by atoms with E-state index in [0.717, 1.165) is 29.1 Å². The molecule has 1 N–H and O–H groups in total. The number of hydrogen-bond donors (Lipinski definition) is 1. The van der Waals surface area contributed by atoms with Crippen LogP contribution in [0.2, 0.25) is 0 Å². The molecule has 5 nitrogen and oxygen atoms in total. The van der Waals surface area contributed by atoms with Gasteiger partial charge in [-0.25, -0.2) is 12.7 Å². The zero-order valence-corrected chi connectivity index (χ0v) is 14.0. The van der Waals surface area contributed by atoms with Crippen molar-refractivity contribution in [1.82, 2.24) is 4.31 Å². The molecule has 0 saturated carbocycles. The first kappa shape index (κ1) is 16.7. The lowest BCUT2D eigenvalue weighted by molar-refractivity contribution is -0.120. The molecule has 0 heterocycles. The molecule has 1 atom stereocenters. The van der Waals surface area contributed by atoms with Gasteiger partial charge in [0, 0.05) is 25.7 Å². The van der Waals surface area contributed by atoms with Crippen LogP contribution >= 0.6 is 0 Å². The fourth-order valence-electron chi connectivity index (χ4n) is 2.37. The van der Waals surface area contributed by atoms with Gasteiger partial charge in [-0.05, 0) is 43.9 Å². The van der Waals surface area contributed by atoms with Crippen molar-refractivity contribution in [3.8, 4) is 0 Å². The van der Waals surface area contributed by atoms with Crippen LogP contribution in [0.25, 0.3) is 0 Å². The number of carbonyl (C=O) groups excluding carboxylic acids is 1. The number of sulfonamides is 1. The molecule has 22 heavy (non-hydrogen) atoms. The summed E-state index contributed by atoms with van der Waals surface area (Å²) in [5.74, 6) is -0.0923. The van der Waals surface area contributed by atoms with Crippen LogP contribution in [0, 0.1) is 12.8 Å². The maximum atomic E-state index is 12.3. The van der Waals surface area contributed by atoms with Gasteiger partial charge in [-0.2, -0.15) is 0 Å². The highest BCUT2D eigenvalue weighted by Gasteiger charge is 2.21. The predicted molar refractivity (Wildman–Crippen MR) is 87.2 cm³/mol. The molecule has 1 amide bonds. The van der Waals surface area contributed by atoms with E-state index in [1.54, 1.807) is 12.1 Å². The summed E-state index contributed by atoms with van der Waals surface area (Å²) in [6.45, 7) is 1.85. The fraction of sp³-hybridized carbons (Fsp3) is 0.438. The van der Waals surface area contributed by atoms with Gasteiger partial charge in [0.25, 0.3) is 0 Å². The van der Waals surface area contributed by atoms with Crippen LogP contribution in [-0.2, 0) is 14.8 Å². The number of anilines is 1. The number of benzene rings is 1. The van der Waals surface area contributed by atoms with Crippen molar-refractivity contribution in [3.63, 3.8) is 0 Å². The lowest BCUT2D eigenvalue weighted by Crippen LogP contribution is -2.25. The van der Waals surface area contributed by atoms with E-state index in [1.807, 2.05) is 13.0 Å². The van der Waals surface area contributed by atoms with Crippen molar-refractivity contribution < 1.29 is 13.2 Å². The summed E-state index contributed by atoms with van der Waals surface area (Å²) in [5.41, 5.74) is 1.40. The minimum Gasteiger partial charge on any atom is -0.326 e. The minimum absolute atomic E-state index is 0.0430. The first-order valence-electron chi connectivity index (χ1n) is 7.31. The Kier molecular flexibility index (Phi) is 5.03. The lowest BCUT2D eigenvalue weighted by atomic mass is 9.93. The standard InChI is InChI=1S/C16H22N2O3S/c1-12-9-10-14(22(20,21)18(2)3)11-15(12)17-16(19)13-7-5-4-6-8-13/h4-5,9-11,13H,6-8H2,1-3H3,(H,17,19)/t13-/m1/s1. The normalized spacial score (nSPS) is 18.5. The second-order valence-electron chi connectivity index (χ2n) is 5.73. The molecular formula is C16H22N2O3S. The van der Waals surface area contributed by atoms with Crippen LogP contribution in [0.3, 0.4) is 0 Å². The third-order valence-electron chi connectivity index (χ3n) is 3.89. The van der Waals surface area contributed by atoms with E-state index >= 15 is 0 Å². The largest absolute Gasteiger partial charge is 0.326 e. The van der Waals surface area contributed by atoms with Crippen LogP contribution in [0.15, 0.2) is 35.2 Å². The third kappa shape index (κ3) is 3.56. The summed E-state index contributed by atoms with van der Waals surface area (Å²) in [4.78, 5) is 12.5. The van der Waals surface area contributed by atoms with E-state index in [9.17, 15) is 13.2 Å². The van der Waals surface area contributed by atoms with Crippen LogP contribution in [0.4, 0.5) is 5.69 Å². The summed E-state index contributed by atoms with van der Waals surface area (Å²) in [5, 5.41) is 2.88. The molecular weight excluding hydrogens is 300 g/mol. The van der Waals surface area contributed by atoms with E-state index in [0.29, 0.717) is 5.69 Å². The van der Waals surface area contributed by atoms with Gasteiger partial charge in [0.1, 0.15) is 0 Å². The molecule has 0 bridgehead atoms. The molecule has 2 rings (SSSR count). The molecule has 1 aliphatic rings. The number of nitrogens with one attached hydrogen (secondary N) is 1. The zero-order chi connectivity index (χ0) is 16.3. The van der Waals surface area contributed by atoms with E-state index < -0.39 is 10.0 Å². The van der Waals surface area contributed by atoms with Gasteiger partial charge >= 0.3 is 0 Å². The van der Waals surface area contributed by atoms with E-state index in [-0.39, 0.29) is 16.7 Å². The van der Waals surface area contributed by atoms with Gasteiger partial charge in [0.15, 0.2) is 0 Å². The lowest BCUT2D eigenvalue weighted by Gasteiger charge is -2.19. The average molecular weight is 322 g/mol. The molecule has 0 spiro atoms. The molecule has 120 valence electrons. The van der Waals surface area contributed by atoms with E-state index in [2.05, 4.69) is 11.4 Å². The van der Waals surface area contributed by atoms with Crippen LogP contribution < -0.4 is 5.32 Å². The highest BCUT2D eigenvalue weighted by Crippen LogP contribution is 2.25. The second-order valence-corrected chi connectivity index (χ2v) is 7.89. The molecule has 0 aromatic heterocycles. The summed E-state index contributed by atoms with van der Waals surface area (Å²) in [7, 11) is -0.530. The number of allylic oxidation sites excluding steroid dienone is 2. The van der Waals surface area contributed by atoms with Gasteiger partial charge in [-0.15, -0.1) is 0 Å². The first-order valence-corrected chi connectivity index (χ1v) is 8.75. The van der Waals surface area contributed by atoms with Gasteiger partial charge in [0.05, 0.1) is 4.90 Å². The van der Waals surface area contributed by atoms with Crippen molar-refractivity contribution in [2.24, 2.45) is 5.92 Å². The number of carbonyl (C=O) groups is 1. The number of aryl methyl sites for hydroxylation is 1. The zero-order valence-electron chi connectivity index (χ0n) is 13.2. The molecule has 0 fully saturated rings. The number of nitrogens with zero attached hydrogens (tertiary/aromatic N) is 1. The Balaban J connectivity index is 2.24. The molecule has 0 aliphatic heterocycles. The summed E-state index contributed by atoms with van der Waals surface area (Å²) in [6.07, 6.45) is 6.58. The molecule has 1 aromatic rings.